The molecule has 0 aliphatic rings. The van der Waals surface area contributed by atoms with Crippen LogP contribution in [-0.2, 0) is 9.53 Å². The molecule has 0 amide bonds. The van der Waals surface area contributed by atoms with Crippen LogP contribution in [0.15, 0.2) is 30.0 Å². The maximum absolute atomic E-state index is 11.5. The van der Waals surface area contributed by atoms with Crippen molar-refractivity contribution in [1.82, 2.24) is 4.98 Å². The maximum atomic E-state index is 11.5. The first-order valence-electron chi connectivity index (χ1n) is 5.74. The smallest absolute Gasteiger partial charge is 0.333 e. The largest absolute Gasteiger partial charge is 0.463 e. The lowest BCUT2D eigenvalue weighted by molar-refractivity contribution is -0.138. The average molecular weight is 264 g/mol. The van der Waals surface area contributed by atoms with Crippen LogP contribution < -0.4 is 0 Å². The zero-order valence-electron chi connectivity index (χ0n) is 10.3. The summed E-state index contributed by atoms with van der Waals surface area (Å²) < 4.78 is 4.95. The molecule has 4 heteroatoms. The van der Waals surface area contributed by atoms with Crippen LogP contribution in [0.2, 0.25) is 5.02 Å². The number of carbonyl (C=O) groups is 1. The van der Waals surface area contributed by atoms with Gasteiger partial charge in [-0.05, 0) is 32.1 Å². The van der Waals surface area contributed by atoms with Crippen LogP contribution in [0.4, 0.5) is 0 Å². The standard InChI is InChI=1S/C14H14ClNO2/c1-3-18-14(17)9(2)6-10-8-16-13-7-11(15)4-5-12(10)13/h4-8,16H,3H2,1-2H3/b9-6+. The van der Waals surface area contributed by atoms with Gasteiger partial charge in [-0.15, -0.1) is 0 Å². The van der Waals surface area contributed by atoms with E-state index < -0.39 is 0 Å². The quantitative estimate of drug-likeness (QED) is 0.676. The minimum atomic E-state index is -0.291. The Hall–Kier alpha value is -1.74. The number of hydrogen-bond acceptors (Lipinski definition) is 2. The molecule has 0 aliphatic heterocycles. The third kappa shape index (κ3) is 2.57. The predicted octanol–water partition coefficient (Wildman–Crippen LogP) is 3.79. The monoisotopic (exact) mass is 263 g/mol. The molecule has 1 heterocycles. The summed E-state index contributed by atoms with van der Waals surface area (Å²) in [6, 6.07) is 5.61. The van der Waals surface area contributed by atoms with E-state index in [4.69, 9.17) is 16.3 Å². The van der Waals surface area contributed by atoms with E-state index in [1.165, 1.54) is 0 Å². The molecule has 0 atom stereocenters. The molecule has 1 aromatic heterocycles. The van der Waals surface area contributed by atoms with Gasteiger partial charge in [0.15, 0.2) is 0 Å². The van der Waals surface area contributed by atoms with E-state index in [9.17, 15) is 4.79 Å². The van der Waals surface area contributed by atoms with Crippen molar-refractivity contribution in [2.45, 2.75) is 13.8 Å². The molecule has 0 bridgehead atoms. The first-order chi connectivity index (χ1) is 8.61. The van der Waals surface area contributed by atoms with Gasteiger partial charge in [0.05, 0.1) is 6.61 Å². The number of ether oxygens (including phenoxy) is 1. The highest BCUT2D eigenvalue weighted by molar-refractivity contribution is 6.31. The Balaban J connectivity index is 2.37. The molecule has 3 nitrogen and oxygen atoms in total. The number of fused-ring (bicyclic) bond motifs is 1. The number of halogens is 1. The van der Waals surface area contributed by atoms with Gasteiger partial charge in [-0.25, -0.2) is 4.79 Å². The topological polar surface area (TPSA) is 42.1 Å². The minimum Gasteiger partial charge on any atom is -0.463 e. The second-order valence-corrected chi connectivity index (χ2v) is 4.42. The highest BCUT2D eigenvalue weighted by Crippen LogP contribution is 2.23. The summed E-state index contributed by atoms with van der Waals surface area (Å²) in [6.45, 7) is 3.92. The number of esters is 1. The average Bonchev–Trinajstić information content (AvgIpc) is 2.72. The van der Waals surface area contributed by atoms with Crippen molar-refractivity contribution in [3.8, 4) is 0 Å². The van der Waals surface area contributed by atoms with Crippen molar-refractivity contribution >= 4 is 34.5 Å². The molecule has 0 unspecified atom stereocenters. The minimum absolute atomic E-state index is 0.291. The van der Waals surface area contributed by atoms with E-state index >= 15 is 0 Å². The van der Waals surface area contributed by atoms with Gasteiger partial charge >= 0.3 is 5.97 Å². The lowest BCUT2D eigenvalue weighted by Gasteiger charge is -2.01. The Kier molecular flexibility index (Phi) is 3.72. The Bertz CT molecular complexity index is 613. The van der Waals surface area contributed by atoms with Crippen molar-refractivity contribution < 1.29 is 9.53 Å². The van der Waals surface area contributed by atoms with E-state index in [-0.39, 0.29) is 5.97 Å². The summed E-state index contributed by atoms with van der Waals surface area (Å²) in [5, 5.41) is 1.71. The van der Waals surface area contributed by atoms with Crippen LogP contribution in [-0.4, -0.2) is 17.6 Å². The number of benzene rings is 1. The van der Waals surface area contributed by atoms with Crippen LogP contribution >= 0.6 is 11.6 Å². The third-order valence-electron chi connectivity index (χ3n) is 2.65. The fourth-order valence-electron chi connectivity index (χ4n) is 1.78. The molecule has 0 spiro atoms. The fourth-order valence-corrected chi connectivity index (χ4v) is 1.95. The molecule has 94 valence electrons. The summed E-state index contributed by atoms with van der Waals surface area (Å²) >= 11 is 5.92. The van der Waals surface area contributed by atoms with Gasteiger partial charge in [0, 0.05) is 33.3 Å². The lowest BCUT2D eigenvalue weighted by atomic mass is 10.1. The molecule has 2 rings (SSSR count). The maximum Gasteiger partial charge on any atom is 0.333 e. The van der Waals surface area contributed by atoms with Crippen LogP contribution in [0.5, 0.6) is 0 Å². The van der Waals surface area contributed by atoms with Crippen molar-refractivity contribution in [3.63, 3.8) is 0 Å². The van der Waals surface area contributed by atoms with Crippen LogP contribution in [0, 0.1) is 0 Å². The Morgan fingerprint density at radius 1 is 1.50 bits per heavy atom. The molecule has 0 radical (unpaired) electrons. The van der Waals surface area contributed by atoms with E-state index in [0.717, 1.165) is 16.5 Å². The molecule has 0 saturated heterocycles. The third-order valence-corrected chi connectivity index (χ3v) is 2.88. The summed E-state index contributed by atoms with van der Waals surface area (Å²) in [5.74, 6) is -0.291. The number of carbonyl (C=O) groups excluding carboxylic acids is 1. The number of nitrogens with one attached hydrogen (secondary N) is 1. The zero-order valence-corrected chi connectivity index (χ0v) is 11.0. The highest BCUT2D eigenvalue weighted by Gasteiger charge is 2.07. The van der Waals surface area contributed by atoms with Crippen LogP contribution in [0.3, 0.4) is 0 Å². The van der Waals surface area contributed by atoms with Crippen molar-refractivity contribution in [3.05, 3.63) is 40.6 Å². The fraction of sp³-hybridized carbons (Fsp3) is 0.214. The summed E-state index contributed by atoms with van der Waals surface area (Å²) in [7, 11) is 0. The Morgan fingerprint density at radius 3 is 3.00 bits per heavy atom. The molecule has 0 saturated carbocycles. The number of aromatic amines is 1. The molecule has 0 aliphatic carbocycles. The number of H-pyrrole nitrogens is 1. The van der Waals surface area contributed by atoms with Gasteiger partial charge in [0.2, 0.25) is 0 Å². The Morgan fingerprint density at radius 2 is 2.28 bits per heavy atom. The second-order valence-electron chi connectivity index (χ2n) is 3.98. The zero-order chi connectivity index (χ0) is 13.1. The van der Waals surface area contributed by atoms with Crippen molar-refractivity contribution in [1.29, 1.82) is 0 Å². The summed E-state index contributed by atoms with van der Waals surface area (Å²) in [6.07, 6.45) is 3.66. The van der Waals surface area contributed by atoms with Crippen LogP contribution in [0.1, 0.15) is 19.4 Å². The highest BCUT2D eigenvalue weighted by atomic mass is 35.5. The van der Waals surface area contributed by atoms with E-state index in [0.29, 0.717) is 17.2 Å². The number of hydrogen-bond donors (Lipinski definition) is 1. The molecule has 1 N–H and O–H groups in total. The van der Waals surface area contributed by atoms with E-state index in [2.05, 4.69) is 4.98 Å². The second kappa shape index (κ2) is 5.27. The van der Waals surface area contributed by atoms with Gasteiger partial charge < -0.3 is 9.72 Å². The molecular formula is C14H14ClNO2. The van der Waals surface area contributed by atoms with Gasteiger partial charge in [-0.3, -0.25) is 0 Å². The van der Waals surface area contributed by atoms with Crippen molar-refractivity contribution in [2.75, 3.05) is 6.61 Å². The SMILES string of the molecule is CCOC(=O)/C(C)=C/c1c[nH]c2cc(Cl)ccc12. The van der Waals surface area contributed by atoms with Gasteiger partial charge in [0.1, 0.15) is 0 Å². The summed E-state index contributed by atoms with van der Waals surface area (Å²) in [5.41, 5.74) is 2.48. The first-order valence-corrected chi connectivity index (χ1v) is 6.11. The molecule has 18 heavy (non-hydrogen) atoms. The molecule has 1 aromatic carbocycles. The van der Waals surface area contributed by atoms with Crippen molar-refractivity contribution in [2.24, 2.45) is 0 Å². The normalized spacial score (nSPS) is 11.8. The van der Waals surface area contributed by atoms with Crippen LogP contribution in [0.25, 0.3) is 17.0 Å². The predicted molar refractivity (Wildman–Crippen MR) is 73.6 cm³/mol. The lowest BCUT2D eigenvalue weighted by Crippen LogP contribution is -2.04. The van der Waals surface area contributed by atoms with E-state index in [1.54, 1.807) is 13.8 Å². The van der Waals surface area contributed by atoms with Gasteiger partial charge in [0.25, 0.3) is 0 Å². The Labute approximate surface area is 110 Å². The van der Waals surface area contributed by atoms with E-state index in [1.807, 2.05) is 30.5 Å². The summed E-state index contributed by atoms with van der Waals surface area (Å²) in [4.78, 5) is 14.7. The van der Waals surface area contributed by atoms with Gasteiger partial charge in [-0.1, -0.05) is 17.7 Å². The number of aromatic nitrogens is 1. The first kappa shape index (κ1) is 12.7. The van der Waals surface area contributed by atoms with Gasteiger partial charge in [-0.2, -0.15) is 0 Å². The number of rotatable bonds is 3. The molecule has 2 aromatic rings. The molecular weight excluding hydrogens is 250 g/mol. The molecule has 0 fully saturated rings.